The van der Waals surface area contributed by atoms with E-state index in [0.29, 0.717) is 63.9 Å². The Bertz CT molecular complexity index is 4910. The summed E-state index contributed by atoms with van der Waals surface area (Å²) in [6, 6.07) is 38.7. The molecule has 0 aromatic heterocycles. The summed E-state index contributed by atoms with van der Waals surface area (Å²) in [6.07, 6.45) is 17.2. The van der Waals surface area contributed by atoms with Gasteiger partial charge in [-0.1, -0.05) is 171 Å². The van der Waals surface area contributed by atoms with Crippen LogP contribution in [-0.4, -0.2) is 163 Å². The molecule has 5 saturated heterocycles. The van der Waals surface area contributed by atoms with Crippen LogP contribution in [0.25, 0.3) is 0 Å². The minimum atomic E-state index is -3.49. The summed E-state index contributed by atoms with van der Waals surface area (Å²) in [6.45, 7) is 56.8. The molecule has 0 radical (unpaired) electrons. The lowest BCUT2D eigenvalue weighted by Gasteiger charge is -2.40. The number of ether oxygens (including phenoxy) is 3. The maximum atomic E-state index is 13.7. The molecule has 5 saturated carbocycles. The molecule has 5 aromatic carbocycles. The van der Waals surface area contributed by atoms with E-state index in [0.717, 1.165) is 152 Å². The zero-order valence-corrected chi connectivity index (χ0v) is 84.2. The van der Waals surface area contributed by atoms with Crippen LogP contribution in [0.1, 0.15) is 297 Å². The van der Waals surface area contributed by atoms with E-state index in [1.54, 1.807) is 99.1 Å². The van der Waals surface area contributed by atoms with E-state index in [-0.39, 0.29) is 61.2 Å². The van der Waals surface area contributed by atoms with E-state index in [1.807, 2.05) is 100 Å². The standard InChI is InChI=1S/3C21H33NO2S.2C19H29NO3S/c2*1-19(2)12-17-13-21(5,14-19)15-22(17)25(7,23)18-10-8-16(9-11-18)20(3,4)24-6;1-6-11-24-14-17-7-9-19(10-8-17)25(5,23)22-16-21(4)13-18(22)12-20(2,3)15-21;2*1-17(2)10-15-11-19(5,12-17)13-20(15)24(22,23)16-8-6-14(7-9-16)18(3,4)21/h2*8-11,17H,7,12-15H2,1-6H3;7-10,18H,5-6,11-16H2,1-4H3;2*6-9,15,21H,10-13H2,1-5H3. The Balaban J connectivity index is 0.000000150. The van der Waals surface area contributed by atoms with Gasteiger partial charge in [0, 0.05) is 98.4 Å². The Morgan fingerprint density at radius 1 is 0.333 bits per heavy atom. The van der Waals surface area contributed by atoms with Crippen LogP contribution in [0.15, 0.2) is 146 Å². The van der Waals surface area contributed by atoms with Crippen molar-refractivity contribution < 1.29 is 53.9 Å². The summed E-state index contributed by atoms with van der Waals surface area (Å²) in [5.74, 6) is 12.6. The van der Waals surface area contributed by atoms with Crippen molar-refractivity contribution in [1.82, 2.24) is 21.5 Å². The lowest BCUT2D eigenvalue weighted by atomic mass is 9.65. The van der Waals surface area contributed by atoms with Crippen LogP contribution in [0, 0.1) is 54.1 Å². The average Bonchev–Trinajstić information content (AvgIpc) is 1.61. The summed E-state index contributed by atoms with van der Waals surface area (Å²) >= 11 is 0. The first kappa shape index (κ1) is 99.2. The minimum absolute atomic E-state index is 0.0759. The summed E-state index contributed by atoms with van der Waals surface area (Å²) < 4.78 is 120. The molecule has 123 heavy (non-hydrogen) atoms. The molecule has 13 unspecified atom stereocenters. The molecule has 688 valence electrons. The van der Waals surface area contributed by atoms with Crippen molar-refractivity contribution in [1.29, 1.82) is 0 Å². The highest BCUT2D eigenvalue weighted by Gasteiger charge is 2.58. The lowest BCUT2D eigenvalue weighted by molar-refractivity contribution is 0.0189. The number of hydrogen-bond acceptors (Lipinski definition) is 12. The van der Waals surface area contributed by atoms with Crippen LogP contribution >= 0.6 is 0 Å². The molecule has 10 fully saturated rings. The van der Waals surface area contributed by atoms with Crippen LogP contribution in [0.4, 0.5) is 0 Å². The Labute approximate surface area is 746 Å². The van der Waals surface area contributed by atoms with E-state index < -0.39 is 60.4 Å². The molecular formula is C101H157N5O12S5. The van der Waals surface area contributed by atoms with Gasteiger partial charge in [0.05, 0.1) is 67.9 Å². The van der Waals surface area contributed by atoms with Crippen molar-refractivity contribution >= 4 is 66.8 Å². The fraction of sp³-hybridized carbons (Fsp3) is 0.673. The predicted octanol–water partition coefficient (Wildman–Crippen LogP) is 20.4. The molecule has 10 aliphatic rings. The van der Waals surface area contributed by atoms with Gasteiger partial charge in [-0.25, -0.2) is 42.4 Å². The molecule has 5 heterocycles. The molecule has 5 aliphatic carbocycles. The van der Waals surface area contributed by atoms with E-state index in [9.17, 15) is 39.7 Å². The highest BCUT2D eigenvalue weighted by atomic mass is 32.2. The second-order valence-electron chi connectivity index (χ2n) is 47.2. The molecular weight excluding hydrogens is 1640 g/mol. The van der Waals surface area contributed by atoms with Gasteiger partial charge < -0.3 is 24.4 Å². The van der Waals surface area contributed by atoms with Crippen molar-refractivity contribution in [3.8, 4) is 0 Å². The number of rotatable bonds is 20. The van der Waals surface area contributed by atoms with Gasteiger partial charge in [-0.15, -0.1) is 0 Å². The smallest absolute Gasteiger partial charge is 0.243 e. The summed E-state index contributed by atoms with van der Waals surface area (Å²) in [4.78, 5) is 3.16. The molecule has 0 spiro atoms. The van der Waals surface area contributed by atoms with Crippen molar-refractivity contribution in [3.63, 3.8) is 0 Å². The molecule has 5 aromatic rings. The van der Waals surface area contributed by atoms with E-state index in [4.69, 9.17) is 14.2 Å². The van der Waals surface area contributed by atoms with E-state index in [2.05, 4.69) is 141 Å². The van der Waals surface area contributed by atoms with E-state index >= 15 is 0 Å². The zero-order valence-electron chi connectivity index (χ0n) is 80.1. The molecule has 5 aliphatic heterocycles. The van der Waals surface area contributed by atoms with Gasteiger partial charge >= 0.3 is 0 Å². The summed E-state index contributed by atoms with van der Waals surface area (Å²) in [5, 5.41) is 20.1. The van der Waals surface area contributed by atoms with Gasteiger partial charge in [-0.3, -0.25) is 0 Å². The van der Waals surface area contributed by atoms with Crippen LogP contribution in [0.3, 0.4) is 0 Å². The van der Waals surface area contributed by atoms with Gasteiger partial charge in [0.15, 0.2) is 0 Å². The third-order valence-electron chi connectivity index (χ3n) is 29.1. The first-order valence-electron chi connectivity index (χ1n) is 45.2. The third kappa shape index (κ3) is 22.3. The molecule has 10 bridgehead atoms. The Morgan fingerprint density at radius 3 is 0.772 bits per heavy atom. The topological polar surface area (TPSA) is 204 Å². The molecule has 22 heteroatoms. The maximum absolute atomic E-state index is 13.7. The van der Waals surface area contributed by atoms with Gasteiger partial charge in [0.2, 0.25) is 20.0 Å². The highest BCUT2D eigenvalue weighted by Crippen LogP contribution is 2.59. The zero-order chi connectivity index (χ0) is 91.6. The summed E-state index contributed by atoms with van der Waals surface area (Å²) in [7, 11) is -10.9. The first-order valence-corrected chi connectivity index (χ1v) is 53.1. The van der Waals surface area contributed by atoms with Crippen LogP contribution in [0.5, 0.6) is 0 Å². The largest absolute Gasteiger partial charge is 0.386 e. The van der Waals surface area contributed by atoms with Crippen molar-refractivity contribution in [2.24, 2.45) is 54.1 Å². The second kappa shape index (κ2) is 34.4. The van der Waals surface area contributed by atoms with Crippen LogP contribution in [-0.2, 0) is 92.4 Å². The van der Waals surface area contributed by atoms with Gasteiger partial charge in [-0.2, -0.15) is 8.61 Å². The minimum Gasteiger partial charge on any atom is -0.386 e. The number of nitrogens with zero attached hydrogens (tertiary/aromatic N) is 5. The third-order valence-corrected chi connectivity index (χ3v) is 39.5. The molecule has 2 N–H and O–H groups in total. The number of hydrogen-bond donors (Lipinski definition) is 2. The van der Waals surface area contributed by atoms with Gasteiger partial charge in [0.25, 0.3) is 0 Å². The molecule has 13 atom stereocenters. The van der Waals surface area contributed by atoms with Crippen molar-refractivity contribution in [2.45, 2.75) is 353 Å². The van der Waals surface area contributed by atoms with Crippen LogP contribution < -0.4 is 0 Å². The Hall–Kier alpha value is -4.34. The second-order valence-corrected chi connectivity index (χ2v) is 57.6. The van der Waals surface area contributed by atoms with Crippen LogP contribution in [0.2, 0.25) is 0 Å². The SMILES string of the molecule is C=S(=O)(c1ccc(C(C)(C)OC)cc1)N1CC2(C)CC1CC(C)(C)C2.C=S(=O)(c1ccc(C(C)(C)OC)cc1)N1CC2(C)CC1CC(C)(C)C2.C=S(=O)(c1ccc(COCCC)cc1)N1CC2(C)CC1CC(C)(C)C2.CC1(C)CC2CC(C)(CN2S(=O)(=O)c2ccc(C(C)(C)O)cc2)C1.CC1(C)CC2CC(C)(CN2S(=O)(=O)c2ccc(C(C)(C)O)cc2)C1. The fourth-order valence-electron chi connectivity index (χ4n) is 24.9. The first-order chi connectivity index (χ1) is 56.1. The molecule has 15 rings (SSSR count). The number of methoxy groups -OCH3 is 2. The quantitative estimate of drug-likeness (QED) is 0.0552. The van der Waals surface area contributed by atoms with Crippen molar-refractivity contribution in [3.05, 3.63) is 149 Å². The van der Waals surface area contributed by atoms with Gasteiger partial charge in [0.1, 0.15) is 0 Å². The fourth-order valence-corrected chi connectivity index (χ4v) is 34.4. The number of fused-ring (bicyclic) bond motifs is 10. The Kier molecular flexibility index (Phi) is 27.8. The monoisotopic (exact) mass is 1790 g/mol. The average molecular weight is 1790 g/mol. The number of sulfonamides is 2. The highest BCUT2D eigenvalue weighted by molar-refractivity contribution is 7.99. The normalized spacial score (nSPS) is 31.1. The molecule has 0 amide bonds. The molecule has 17 nitrogen and oxygen atoms in total. The number of benzene rings is 5. The van der Waals surface area contributed by atoms with Crippen molar-refractivity contribution in [2.75, 3.05) is 53.6 Å². The Morgan fingerprint density at radius 2 is 0.545 bits per heavy atom. The maximum Gasteiger partial charge on any atom is 0.243 e. The van der Waals surface area contributed by atoms with E-state index in [1.165, 1.54) is 19.3 Å². The summed E-state index contributed by atoms with van der Waals surface area (Å²) in [5.41, 5.74) is 4.35. The van der Waals surface area contributed by atoms with Gasteiger partial charge in [-0.05, 0) is 318 Å². The lowest BCUT2D eigenvalue weighted by Crippen LogP contribution is -2.37. The number of aliphatic hydroxyl groups is 2. The predicted molar refractivity (Wildman–Crippen MR) is 509 cm³/mol.